The Bertz CT molecular complexity index is 481. The monoisotopic (exact) mass is 267 g/mol. The molecule has 0 saturated heterocycles. The van der Waals surface area contributed by atoms with Crippen molar-refractivity contribution in [1.82, 2.24) is 15.1 Å². The molecule has 0 saturated carbocycles. The molecule has 6 nitrogen and oxygen atoms in total. The third kappa shape index (κ3) is 2.94. The van der Waals surface area contributed by atoms with E-state index in [4.69, 9.17) is 0 Å². The van der Waals surface area contributed by atoms with Crippen molar-refractivity contribution >= 4 is 11.9 Å². The van der Waals surface area contributed by atoms with Crippen LogP contribution in [0.5, 0.6) is 0 Å². The molecule has 1 amide bonds. The van der Waals surface area contributed by atoms with Crippen LogP contribution in [0.15, 0.2) is 6.07 Å². The fraction of sp³-hybridized carbons (Fsp3) is 0.615. The van der Waals surface area contributed by atoms with Crippen molar-refractivity contribution in [2.75, 3.05) is 7.05 Å². The Morgan fingerprint density at radius 2 is 2.11 bits per heavy atom. The number of carboxylic acid groups (broad SMARTS) is 1. The maximum absolute atomic E-state index is 11.8. The van der Waals surface area contributed by atoms with Gasteiger partial charge in [-0.1, -0.05) is 6.92 Å². The summed E-state index contributed by atoms with van der Waals surface area (Å²) in [5.41, 5.74) is 0.196. The molecule has 1 aromatic rings. The Hall–Kier alpha value is -1.85. The smallest absolute Gasteiger partial charge is 0.319 e. The van der Waals surface area contributed by atoms with Crippen LogP contribution in [-0.2, 0) is 29.0 Å². The molecule has 19 heavy (non-hydrogen) atoms. The standard InChI is InChI=1S/C13H21N3O3/c1-5-9-7-10(16(6-2)15-9)8-13(3,12(18)19)11(17)14-4/h7H,5-6,8H2,1-4H3,(H,14,17)(H,18,19). The summed E-state index contributed by atoms with van der Waals surface area (Å²) in [7, 11) is 1.44. The lowest BCUT2D eigenvalue weighted by atomic mass is 9.84. The van der Waals surface area contributed by atoms with Gasteiger partial charge in [0.1, 0.15) is 5.41 Å². The number of nitrogens with zero attached hydrogens (tertiary/aromatic N) is 2. The number of aromatic nitrogens is 2. The Balaban J connectivity index is 3.13. The number of carbonyl (C=O) groups is 2. The number of carbonyl (C=O) groups excluding carboxylic acids is 1. The van der Waals surface area contributed by atoms with E-state index in [-0.39, 0.29) is 6.42 Å². The first-order chi connectivity index (χ1) is 8.88. The third-order valence-electron chi connectivity index (χ3n) is 3.31. The largest absolute Gasteiger partial charge is 0.480 e. The minimum atomic E-state index is -1.48. The summed E-state index contributed by atoms with van der Waals surface area (Å²) in [4.78, 5) is 23.2. The van der Waals surface area contributed by atoms with E-state index in [1.807, 2.05) is 19.9 Å². The van der Waals surface area contributed by atoms with Crippen LogP contribution in [0.25, 0.3) is 0 Å². The highest BCUT2D eigenvalue weighted by molar-refractivity contribution is 6.01. The molecule has 1 aromatic heterocycles. The summed E-state index contributed by atoms with van der Waals surface area (Å²) in [6, 6.07) is 1.87. The van der Waals surface area contributed by atoms with Gasteiger partial charge >= 0.3 is 5.97 Å². The molecule has 1 atom stereocenters. The number of aliphatic carboxylic acids is 1. The molecular weight excluding hydrogens is 246 g/mol. The van der Waals surface area contributed by atoms with Crippen LogP contribution in [0.3, 0.4) is 0 Å². The molecule has 0 radical (unpaired) electrons. The maximum atomic E-state index is 11.8. The first-order valence-corrected chi connectivity index (χ1v) is 6.40. The SMILES string of the molecule is CCc1cc(CC(C)(C(=O)O)C(=O)NC)n(CC)n1. The molecule has 0 aliphatic heterocycles. The highest BCUT2D eigenvalue weighted by Gasteiger charge is 2.41. The topological polar surface area (TPSA) is 84.2 Å². The van der Waals surface area contributed by atoms with Crippen molar-refractivity contribution < 1.29 is 14.7 Å². The molecule has 0 aliphatic carbocycles. The Labute approximate surface area is 112 Å². The average Bonchev–Trinajstić information content (AvgIpc) is 2.79. The van der Waals surface area contributed by atoms with Crippen LogP contribution in [0.1, 0.15) is 32.2 Å². The zero-order valence-electron chi connectivity index (χ0n) is 11.9. The van der Waals surface area contributed by atoms with Gasteiger partial charge in [-0.05, 0) is 26.3 Å². The molecule has 106 valence electrons. The lowest BCUT2D eigenvalue weighted by Gasteiger charge is -2.22. The van der Waals surface area contributed by atoms with E-state index in [2.05, 4.69) is 10.4 Å². The Morgan fingerprint density at radius 3 is 2.53 bits per heavy atom. The van der Waals surface area contributed by atoms with Crippen molar-refractivity contribution in [3.05, 3.63) is 17.5 Å². The van der Waals surface area contributed by atoms with Crippen LogP contribution < -0.4 is 5.32 Å². The molecule has 2 N–H and O–H groups in total. The van der Waals surface area contributed by atoms with Crippen LogP contribution in [0, 0.1) is 5.41 Å². The van der Waals surface area contributed by atoms with E-state index < -0.39 is 17.3 Å². The minimum Gasteiger partial charge on any atom is -0.480 e. The number of nitrogens with one attached hydrogen (secondary N) is 1. The fourth-order valence-corrected chi connectivity index (χ4v) is 1.99. The molecule has 1 rings (SSSR count). The molecule has 0 fully saturated rings. The van der Waals surface area contributed by atoms with Gasteiger partial charge in [0.25, 0.3) is 0 Å². The summed E-state index contributed by atoms with van der Waals surface area (Å²) >= 11 is 0. The van der Waals surface area contributed by atoms with E-state index in [0.717, 1.165) is 17.8 Å². The lowest BCUT2D eigenvalue weighted by molar-refractivity contribution is -0.154. The summed E-state index contributed by atoms with van der Waals surface area (Å²) < 4.78 is 1.75. The maximum Gasteiger partial charge on any atom is 0.319 e. The quantitative estimate of drug-likeness (QED) is 0.748. The van der Waals surface area contributed by atoms with Gasteiger partial charge in [0.15, 0.2) is 0 Å². The molecule has 1 heterocycles. The summed E-state index contributed by atoms with van der Waals surface area (Å²) in [5, 5.41) is 16.1. The second kappa shape index (κ2) is 5.86. The number of hydrogen-bond donors (Lipinski definition) is 2. The van der Waals surface area contributed by atoms with E-state index >= 15 is 0 Å². The molecule has 0 aromatic carbocycles. The zero-order chi connectivity index (χ0) is 14.6. The van der Waals surface area contributed by atoms with Gasteiger partial charge in [-0.3, -0.25) is 14.3 Å². The van der Waals surface area contributed by atoms with E-state index in [1.54, 1.807) is 4.68 Å². The van der Waals surface area contributed by atoms with Crippen LogP contribution in [-0.4, -0.2) is 33.8 Å². The zero-order valence-corrected chi connectivity index (χ0v) is 11.9. The number of rotatable bonds is 6. The minimum absolute atomic E-state index is 0.128. The normalized spacial score (nSPS) is 13.9. The summed E-state index contributed by atoms with van der Waals surface area (Å²) in [6.07, 6.45) is 0.909. The number of amides is 1. The summed E-state index contributed by atoms with van der Waals surface area (Å²) in [6.45, 7) is 6.01. The first-order valence-electron chi connectivity index (χ1n) is 6.40. The van der Waals surface area contributed by atoms with Gasteiger partial charge in [-0.25, -0.2) is 0 Å². The predicted molar refractivity (Wildman–Crippen MR) is 70.8 cm³/mol. The second-order valence-electron chi connectivity index (χ2n) is 4.69. The highest BCUT2D eigenvalue weighted by atomic mass is 16.4. The van der Waals surface area contributed by atoms with Crippen molar-refractivity contribution in [3.63, 3.8) is 0 Å². The van der Waals surface area contributed by atoms with Gasteiger partial charge in [0, 0.05) is 25.7 Å². The van der Waals surface area contributed by atoms with Gasteiger partial charge in [0.2, 0.25) is 5.91 Å². The van der Waals surface area contributed by atoms with E-state index in [1.165, 1.54) is 14.0 Å². The van der Waals surface area contributed by atoms with Crippen LogP contribution in [0.4, 0.5) is 0 Å². The highest BCUT2D eigenvalue weighted by Crippen LogP contribution is 2.24. The van der Waals surface area contributed by atoms with Crippen LogP contribution in [0.2, 0.25) is 0 Å². The lowest BCUT2D eigenvalue weighted by Crippen LogP contribution is -2.45. The molecule has 6 heteroatoms. The average molecular weight is 267 g/mol. The molecular formula is C13H21N3O3. The van der Waals surface area contributed by atoms with E-state index in [9.17, 15) is 14.7 Å². The van der Waals surface area contributed by atoms with Gasteiger partial charge in [-0.2, -0.15) is 5.10 Å². The Morgan fingerprint density at radius 1 is 1.47 bits per heavy atom. The summed E-state index contributed by atoms with van der Waals surface area (Å²) in [5.74, 6) is -1.63. The molecule has 0 aliphatic rings. The van der Waals surface area contributed by atoms with Crippen molar-refractivity contribution in [2.24, 2.45) is 5.41 Å². The fourth-order valence-electron chi connectivity index (χ4n) is 1.99. The van der Waals surface area contributed by atoms with Gasteiger partial charge in [0.05, 0.1) is 5.69 Å². The number of aryl methyl sites for hydroxylation is 2. The van der Waals surface area contributed by atoms with Crippen molar-refractivity contribution in [3.8, 4) is 0 Å². The van der Waals surface area contributed by atoms with Crippen molar-refractivity contribution in [1.29, 1.82) is 0 Å². The van der Waals surface area contributed by atoms with Crippen LogP contribution >= 0.6 is 0 Å². The van der Waals surface area contributed by atoms with Gasteiger partial charge in [-0.15, -0.1) is 0 Å². The number of hydrogen-bond acceptors (Lipinski definition) is 3. The Kier molecular flexibility index (Phi) is 4.69. The third-order valence-corrected chi connectivity index (χ3v) is 3.31. The van der Waals surface area contributed by atoms with E-state index in [0.29, 0.717) is 6.54 Å². The molecule has 0 bridgehead atoms. The first kappa shape index (κ1) is 15.2. The van der Waals surface area contributed by atoms with Crippen molar-refractivity contribution in [2.45, 2.75) is 40.2 Å². The van der Waals surface area contributed by atoms with Gasteiger partial charge < -0.3 is 10.4 Å². The molecule has 0 spiro atoms. The predicted octanol–water partition coefficient (Wildman–Crippen LogP) is 0.845. The second-order valence-corrected chi connectivity index (χ2v) is 4.69. The number of carboxylic acids is 1. The molecule has 1 unspecified atom stereocenters.